The van der Waals surface area contributed by atoms with Crippen molar-refractivity contribution in [2.75, 3.05) is 26.2 Å². The molecule has 0 radical (unpaired) electrons. The highest BCUT2D eigenvalue weighted by molar-refractivity contribution is 7.13. The number of hydrogen-bond donors (Lipinski definition) is 2. The minimum absolute atomic E-state index is 0.111. The maximum Gasteiger partial charge on any atom is 0.416 e. The van der Waals surface area contributed by atoms with Gasteiger partial charge in [-0.25, -0.2) is 4.98 Å². The molecule has 10 heteroatoms. The lowest BCUT2D eigenvalue weighted by Gasteiger charge is -2.22. The zero-order valence-corrected chi connectivity index (χ0v) is 22.4. The SMILES string of the molecule is CCCN(CCC)C(=O)c1cc(C(=O)NCCCNCc2cccc(C(F)(F)F)c2)cc(-c2nccs2)c1. The minimum atomic E-state index is -4.37. The number of halogens is 3. The van der Waals surface area contributed by atoms with Crippen molar-refractivity contribution in [3.63, 3.8) is 0 Å². The van der Waals surface area contributed by atoms with Crippen LogP contribution in [0.4, 0.5) is 13.2 Å². The molecule has 0 atom stereocenters. The summed E-state index contributed by atoms with van der Waals surface area (Å²) < 4.78 is 38.6. The van der Waals surface area contributed by atoms with Gasteiger partial charge in [0.15, 0.2) is 0 Å². The molecule has 2 N–H and O–H groups in total. The standard InChI is InChI=1S/C28H33F3N4O2S/c1-3-12-35(13-4-2)27(37)23-17-21(16-22(18-23)26-34-11-14-38-26)25(36)33-10-6-9-32-19-20-7-5-8-24(15-20)28(29,30)31/h5,7-8,11,14-18,32H,3-4,6,9-10,12-13,19H2,1-2H3,(H,33,36). The average molecular weight is 547 g/mol. The van der Waals surface area contributed by atoms with E-state index in [0.717, 1.165) is 30.0 Å². The second-order valence-electron chi connectivity index (χ2n) is 8.91. The number of carbonyl (C=O) groups is 2. The fourth-order valence-electron chi connectivity index (χ4n) is 4.02. The van der Waals surface area contributed by atoms with Crippen LogP contribution in [0.5, 0.6) is 0 Å². The Morgan fingerprint density at radius 3 is 2.39 bits per heavy atom. The molecule has 2 amide bonds. The Labute approximate surface area is 225 Å². The van der Waals surface area contributed by atoms with Crippen LogP contribution >= 0.6 is 11.3 Å². The van der Waals surface area contributed by atoms with Gasteiger partial charge in [-0.1, -0.05) is 32.0 Å². The van der Waals surface area contributed by atoms with Crippen LogP contribution in [0.25, 0.3) is 10.6 Å². The third-order valence-electron chi connectivity index (χ3n) is 5.80. The summed E-state index contributed by atoms with van der Waals surface area (Å²) in [4.78, 5) is 32.4. The number of thiazole rings is 1. The lowest BCUT2D eigenvalue weighted by atomic mass is 10.0. The van der Waals surface area contributed by atoms with Gasteiger partial charge in [-0.15, -0.1) is 11.3 Å². The molecule has 0 saturated heterocycles. The number of amides is 2. The molecule has 0 aliphatic rings. The topological polar surface area (TPSA) is 74.3 Å². The molecule has 0 saturated carbocycles. The lowest BCUT2D eigenvalue weighted by molar-refractivity contribution is -0.137. The Hall–Kier alpha value is -3.24. The van der Waals surface area contributed by atoms with Crippen molar-refractivity contribution in [3.8, 4) is 10.6 Å². The van der Waals surface area contributed by atoms with Crippen molar-refractivity contribution in [2.24, 2.45) is 0 Å². The van der Waals surface area contributed by atoms with Crippen LogP contribution in [0, 0.1) is 0 Å². The van der Waals surface area contributed by atoms with Crippen molar-refractivity contribution in [1.82, 2.24) is 20.5 Å². The summed E-state index contributed by atoms with van der Waals surface area (Å²) in [5.74, 6) is -0.409. The van der Waals surface area contributed by atoms with Gasteiger partial charge in [-0.3, -0.25) is 9.59 Å². The molecule has 0 aliphatic carbocycles. The van der Waals surface area contributed by atoms with Gasteiger partial charge in [0.25, 0.3) is 11.8 Å². The quantitative estimate of drug-likeness (QED) is 0.258. The predicted octanol–water partition coefficient (Wildman–Crippen LogP) is 6.00. The molecule has 38 heavy (non-hydrogen) atoms. The summed E-state index contributed by atoms with van der Waals surface area (Å²) in [7, 11) is 0. The van der Waals surface area contributed by atoms with E-state index in [2.05, 4.69) is 15.6 Å². The van der Waals surface area contributed by atoms with Crippen LogP contribution in [-0.2, 0) is 12.7 Å². The van der Waals surface area contributed by atoms with Crippen molar-refractivity contribution < 1.29 is 22.8 Å². The van der Waals surface area contributed by atoms with Gasteiger partial charge in [0.05, 0.1) is 5.56 Å². The number of hydrogen-bond acceptors (Lipinski definition) is 5. The lowest BCUT2D eigenvalue weighted by Crippen LogP contribution is -2.33. The van der Waals surface area contributed by atoms with Crippen molar-refractivity contribution in [1.29, 1.82) is 0 Å². The summed E-state index contributed by atoms with van der Waals surface area (Å²) in [6.45, 7) is 6.52. The van der Waals surface area contributed by atoms with Crippen LogP contribution in [0.3, 0.4) is 0 Å². The third kappa shape index (κ3) is 8.39. The molecule has 0 unspecified atom stereocenters. The molecule has 3 aromatic rings. The predicted molar refractivity (Wildman–Crippen MR) is 144 cm³/mol. The van der Waals surface area contributed by atoms with Gasteiger partial charge in [0.2, 0.25) is 0 Å². The molecule has 0 bridgehead atoms. The first kappa shape index (κ1) is 29.3. The fourth-order valence-corrected chi connectivity index (χ4v) is 4.64. The molecule has 1 heterocycles. The minimum Gasteiger partial charge on any atom is -0.352 e. The number of benzene rings is 2. The first-order chi connectivity index (χ1) is 18.2. The number of nitrogens with zero attached hydrogens (tertiary/aromatic N) is 2. The van der Waals surface area contributed by atoms with Crippen molar-refractivity contribution >= 4 is 23.2 Å². The Kier molecular flexibility index (Phi) is 10.8. The van der Waals surface area contributed by atoms with E-state index in [9.17, 15) is 22.8 Å². The van der Waals surface area contributed by atoms with E-state index in [1.165, 1.54) is 17.4 Å². The molecule has 204 valence electrons. The van der Waals surface area contributed by atoms with Crippen molar-refractivity contribution in [3.05, 3.63) is 76.3 Å². The number of alkyl halides is 3. The average Bonchev–Trinajstić information content (AvgIpc) is 3.45. The van der Waals surface area contributed by atoms with Crippen LogP contribution < -0.4 is 10.6 Å². The van der Waals surface area contributed by atoms with E-state index in [1.54, 1.807) is 35.4 Å². The molecule has 1 aromatic heterocycles. The molecular weight excluding hydrogens is 513 g/mol. The summed E-state index contributed by atoms with van der Waals surface area (Å²) in [6.07, 6.45) is -0.420. The molecule has 2 aromatic carbocycles. The van der Waals surface area contributed by atoms with Crippen LogP contribution in [0.15, 0.2) is 54.0 Å². The highest BCUT2D eigenvalue weighted by Crippen LogP contribution is 2.29. The first-order valence-corrected chi connectivity index (χ1v) is 13.6. The van der Waals surface area contributed by atoms with Gasteiger partial charge in [0.1, 0.15) is 5.01 Å². The third-order valence-corrected chi connectivity index (χ3v) is 6.62. The Morgan fingerprint density at radius 2 is 1.74 bits per heavy atom. The maximum atomic E-state index is 13.3. The molecule has 0 aliphatic heterocycles. The van der Waals surface area contributed by atoms with E-state index in [1.807, 2.05) is 19.2 Å². The van der Waals surface area contributed by atoms with Crippen LogP contribution in [-0.4, -0.2) is 47.9 Å². The monoisotopic (exact) mass is 546 g/mol. The van der Waals surface area contributed by atoms with E-state index in [4.69, 9.17) is 0 Å². The Morgan fingerprint density at radius 1 is 1.00 bits per heavy atom. The summed E-state index contributed by atoms with van der Waals surface area (Å²) in [5, 5.41) is 8.55. The smallest absolute Gasteiger partial charge is 0.352 e. The zero-order valence-electron chi connectivity index (χ0n) is 21.6. The highest BCUT2D eigenvalue weighted by atomic mass is 32.1. The van der Waals surface area contributed by atoms with E-state index < -0.39 is 11.7 Å². The highest BCUT2D eigenvalue weighted by Gasteiger charge is 2.30. The van der Waals surface area contributed by atoms with Crippen LogP contribution in [0.2, 0.25) is 0 Å². The fraction of sp³-hybridized carbons (Fsp3) is 0.393. The molecule has 0 fully saturated rings. The van der Waals surface area contributed by atoms with Gasteiger partial charge in [-0.2, -0.15) is 13.2 Å². The van der Waals surface area contributed by atoms with E-state index >= 15 is 0 Å². The maximum absolute atomic E-state index is 13.3. The Balaban J connectivity index is 1.60. The van der Waals surface area contributed by atoms with Gasteiger partial charge in [0, 0.05) is 54.4 Å². The number of carbonyl (C=O) groups excluding carboxylic acids is 2. The number of aromatic nitrogens is 1. The molecule has 6 nitrogen and oxygen atoms in total. The van der Waals surface area contributed by atoms with Crippen molar-refractivity contribution in [2.45, 2.75) is 45.8 Å². The van der Waals surface area contributed by atoms with Gasteiger partial charge in [-0.05, 0) is 55.6 Å². The van der Waals surface area contributed by atoms with Gasteiger partial charge >= 0.3 is 6.18 Å². The van der Waals surface area contributed by atoms with E-state index in [-0.39, 0.29) is 11.8 Å². The molecule has 3 rings (SSSR count). The molecule has 0 spiro atoms. The number of rotatable bonds is 13. The number of nitrogens with one attached hydrogen (secondary N) is 2. The zero-order chi connectivity index (χ0) is 27.5. The van der Waals surface area contributed by atoms with Crippen LogP contribution in [0.1, 0.15) is 65.0 Å². The Bertz CT molecular complexity index is 1190. The second-order valence-corrected chi connectivity index (χ2v) is 9.81. The van der Waals surface area contributed by atoms with E-state index in [0.29, 0.717) is 61.4 Å². The second kappa shape index (κ2) is 14.1. The summed E-state index contributed by atoms with van der Waals surface area (Å²) in [5.41, 5.74) is 1.42. The van der Waals surface area contributed by atoms with Gasteiger partial charge < -0.3 is 15.5 Å². The largest absolute Gasteiger partial charge is 0.416 e. The summed E-state index contributed by atoms with van der Waals surface area (Å²) >= 11 is 1.43. The summed E-state index contributed by atoms with van der Waals surface area (Å²) in [6, 6.07) is 10.4. The normalized spacial score (nSPS) is 11.4. The molecular formula is C28H33F3N4O2S. The first-order valence-electron chi connectivity index (χ1n) is 12.7.